The molecule has 3 rings (SSSR count). The highest BCUT2D eigenvalue weighted by molar-refractivity contribution is 6.43. The van der Waals surface area contributed by atoms with Crippen LogP contribution in [-0.2, 0) is 0 Å². The lowest BCUT2D eigenvalue weighted by Gasteiger charge is -2.12. The average Bonchev–Trinajstić information content (AvgIpc) is 2.52. The number of nitrogens with zero attached hydrogens (tertiary/aromatic N) is 1. The second-order valence-electron chi connectivity index (χ2n) is 4.54. The summed E-state index contributed by atoms with van der Waals surface area (Å²) in [6.45, 7) is 0. The normalized spacial score (nSPS) is 10.3. The molecule has 3 aromatic carbocycles. The van der Waals surface area contributed by atoms with Gasteiger partial charge in [0.25, 0.3) is 0 Å². The van der Waals surface area contributed by atoms with Crippen molar-refractivity contribution in [1.29, 1.82) is 5.26 Å². The number of nitrogens with one attached hydrogen (secondary N) is 1. The zero-order chi connectivity index (χ0) is 14.8. The highest BCUT2D eigenvalue weighted by atomic mass is 35.5. The molecule has 0 aromatic heterocycles. The lowest BCUT2D eigenvalue weighted by molar-refractivity contribution is 1.50. The first kappa shape index (κ1) is 13.8. The molecule has 0 spiro atoms. The Morgan fingerprint density at radius 3 is 2.33 bits per heavy atom. The standard InChI is InChI=1S/C17H10Cl2N2/c18-14-6-3-7-16(17(14)19)21-15-9-8-11(10-20)12-4-1-2-5-13(12)15/h1-9,21H. The molecule has 0 unspecified atom stereocenters. The van der Waals surface area contributed by atoms with E-state index in [0.29, 0.717) is 15.6 Å². The van der Waals surface area contributed by atoms with E-state index in [1.807, 2.05) is 42.5 Å². The van der Waals surface area contributed by atoms with Crippen molar-refractivity contribution in [2.24, 2.45) is 0 Å². The van der Waals surface area contributed by atoms with Crippen LogP contribution >= 0.6 is 23.2 Å². The molecule has 4 heteroatoms. The minimum absolute atomic E-state index is 0.479. The summed E-state index contributed by atoms with van der Waals surface area (Å²) in [4.78, 5) is 0. The van der Waals surface area contributed by atoms with E-state index >= 15 is 0 Å². The molecule has 0 bridgehead atoms. The Morgan fingerprint density at radius 1 is 0.810 bits per heavy atom. The molecule has 0 aliphatic heterocycles. The molecule has 0 fully saturated rings. The second kappa shape index (κ2) is 5.65. The van der Waals surface area contributed by atoms with Gasteiger partial charge in [-0.15, -0.1) is 0 Å². The molecule has 0 heterocycles. The van der Waals surface area contributed by atoms with Gasteiger partial charge in [0.05, 0.1) is 27.4 Å². The van der Waals surface area contributed by atoms with Crippen LogP contribution in [0.25, 0.3) is 10.8 Å². The Hall–Kier alpha value is -2.21. The van der Waals surface area contributed by atoms with Gasteiger partial charge < -0.3 is 5.32 Å². The van der Waals surface area contributed by atoms with Crippen molar-refractivity contribution in [2.45, 2.75) is 0 Å². The second-order valence-corrected chi connectivity index (χ2v) is 5.33. The third-order valence-corrected chi connectivity index (χ3v) is 4.08. The number of nitriles is 1. The molecule has 0 aliphatic carbocycles. The number of fused-ring (bicyclic) bond motifs is 1. The molecule has 3 aromatic rings. The molecule has 1 N–H and O–H groups in total. The van der Waals surface area contributed by atoms with E-state index in [1.54, 1.807) is 12.1 Å². The van der Waals surface area contributed by atoms with E-state index in [0.717, 1.165) is 22.1 Å². The lowest BCUT2D eigenvalue weighted by Crippen LogP contribution is -1.93. The summed E-state index contributed by atoms with van der Waals surface area (Å²) in [5.41, 5.74) is 2.26. The summed E-state index contributed by atoms with van der Waals surface area (Å²) in [5.74, 6) is 0. The van der Waals surface area contributed by atoms with Gasteiger partial charge >= 0.3 is 0 Å². The van der Waals surface area contributed by atoms with E-state index in [1.165, 1.54) is 0 Å². The quantitative estimate of drug-likeness (QED) is 0.652. The van der Waals surface area contributed by atoms with Crippen LogP contribution in [-0.4, -0.2) is 0 Å². The van der Waals surface area contributed by atoms with E-state index in [4.69, 9.17) is 23.2 Å². The molecule has 0 atom stereocenters. The number of hydrogen-bond donors (Lipinski definition) is 1. The highest BCUT2D eigenvalue weighted by Gasteiger charge is 2.08. The number of rotatable bonds is 2. The summed E-state index contributed by atoms with van der Waals surface area (Å²) in [5, 5.41) is 15.3. The van der Waals surface area contributed by atoms with Crippen molar-refractivity contribution >= 4 is 45.3 Å². The van der Waals surface area contributed by atoms with Crippen LogP contribution < -0.4 is 5.32 Å². The third kappa shape index (κ3) is 2.54. The Balaban J connectivity index is 2.14. The van der Waals surface area contributed by atoms with Crippen molar-refractivity contribution in [3.8, 4) is 6.07 Å². The monoisotopic (exact) mass is 312 g/mol. The number of anilines is 2. The predicted octanol–water partition coefficient (Wildman–Crippen LogP) is 5.76. The zero-order valence-corrected chi connectivity index (χ0v) is 12.4. The first-order chi connectivity index (χ1) is 10.2. The predicted molar refractivity (Wildman–Crippen MR) is 88.4 cm³/mol. The largest absolute Gasteiger partial charge is 0.354 e. The van der Waals surface area contributed by atoms with Gasteiger partial charge in [-0.2, -0.15) is 5.26 Å². The molecule has 0 saturated heterocycles. The van der Waals surface area contributed by atoms with Crippen LogP contribution in [0.1, 0.15) is 5.56 Å². The molecule has 0 aliphatic rings. The molecule has 21 heavy (non-hydrogen) atoms. The fourth-order valence-electron chi connectivity index (χ4n) is 2.25. The van der Waals surface area contributed by atoms with Crippen LogP contribution in [0.2, 0.25) is 10.0 Å². The summed E-state index contributed by atoms with van der Waals surface area (Å²) in [7, 11) is 0. The maximum absolute atomic E-state index is 9.19. The smallest absolute Gasteiger partial charge is 0.0998 e. The van der Waals surface area contributed by atoms with E-state index in [2.05, 4.69) is 11.4 Å². The Morgan fingerprint density at radius 2 is 1.57 bits per heavy atom. The fourth-order valence-corrected chi connectivity index (χ4v) is 2.60. The minimum atomic E-state index is 0.479. The molecule has 0 radical (unpaired) electrons. The number of benzene rings is 3. The zero-order valence-electron chi connectivity index (χ0n) is 10.9. The van der Waals surface area contributed by atoms with E-state index in [9.17, 15) is 5.26 Å². The Kier molecular flexibility index (Phi) is 3.70. The molecular formula is C17H10Cl2N2. The topological polar surface area (TPSA) is 35.8 Å². The summed E-state index contributed by atoms with van der Waals surface area (Å²) in [6.07, 6.45) is 0. The maximum Gasteiger partial charge on any atom is 0.0998 e. The van der Waals surface area contributed by atoms with Crippen molar-refractivity contribution in [1.82, 2.24) is 0 Å². The average molecular weight is 313 g/mol. The van der Waals surface area contributed by atoms with Gasteiger partial charge in [0.2, 0.25) is 0 Å². The molecule has 0 amide bonds. The highest BCUT2D eigenvalue weighted by Crippen LogP contribution is 2.34. The Labute approximate surface area is 132 Å². The molecule has 2 nitrogen and oxygen atoms in total. The maximum atomic E-state index is 9.19. The van der Waals surface area contributed by atoms with Gasteiger partial charge in [0.1, 0.15) is 0 Å². The third-order valence-electron chi connectivity index (χ3n) is 3.27. The van der Waals surface area contributed by atoms with Crippen LogP contribution in [0.15, 0.2) is 54.6 Å². The van der Waals surface area contributed by atoms with Crippen molar-refractivity contribution < 1.29 is 0 Å². The van der Waals surface area contributed by atoms with Crippen LogP contribution in [0.5, 0.6) is 0 Å². The van der Waals surface area contributed by atoms with Crippen molar-refractivity contribution in [3.63, 3.8) is 0 Å². The lowest BCUT2D eigenvalue weighted by atomic mass is 10.0. The van der Waals surface area contributed by atoms with Crippen LogP contribution in [0.3, 0.4) is 0 Å². The van der Waals surface area contributed by atoms with Gasteiger partial charge in [-0.25, -0.2) is 0 Å². The first-order valence-corrected chi connectivity index (χ1v) is 7.09. The number of halogens is 2. The van der Waals surface area contributed by atoms with Crippen molar-refractivity contribution in [3.05, 3.63) is 70.2 Å². The van der Waals surface area contributed by atoms with Crippen LogP contribution in [0, 0.1) is 11.3 Å². The van der Waals surface area contributed by atoms with Gasteiger partial charge in [-0.05, 0) is 24.3 Å². The van der Waals surface area contributed by atoms with Gasteiger partial charge in [-0.1, -0.05) is 53.5 Å². The molecule has 0 saturated carbocycles. The Bertz CT molecular complexity index is 866. The van der Waals surface area contributed by atoms with E-state index < -0.39 is 0 Å². The fraction of sp³-hybridized carbons (Fsp3) is 0. The van der Waals surface area contributed by atoms with Gasteiger partial charge in [0, 0.05) is 16.5 Å². The SMILES string of the molecule is N#Cc1ccc(Nc2cccc(Cl)c2Cl)c2ccccc12. The van der Waals surface area contributed by atoms with Crippen molar-refractivity contribution in [2.75, 3.05) is 5.32 Å². The molecule has 102 valence electrons. The summed E-state index contributed by atoms with van der Waals surface area (Å²) in [6, 6.07) is 19.1. The first-order valence-electron chi connectivity index (χ1n) is 6.33. The van der Waals surface area contributed by atoms with Gasteiger partial charge in [0.15, 0.2) is 0 Å². The minimum Gasteiger partial charge on any atom is -0.354 e. The summed E-state index contributed by atoms with van der Waals surface area (Å²) < 4.78 is 0. The molecular weight excluding hydrogens is 303 g/mol. The number of hydrogen-bond acceptors (Lipinski definition) is 2. The van der Waals surface area contributed by atoms with Crippen LogP contribution in [0.4, 0.5) is 11.4 Å². The summed E-state index contributed by atoms with van der Waals surface area (Å²) >= 11 is 12.2. The van der Waals surface area contributed by atoms with Gasteiger partial charge in [-0.3, -0.25) is 0 Å². The van der Waals surface area contributed by atoms with E-state index in [-0.39, 0.29) is 0 Å².